The SMILES string of the molecule is O=C(c1ccccc1[N+](=O)[O-])N(Cc1cccc(Br)c1)[C@H]1CCS(=O)(=O)C1. The van der Waals surface area contributed by atoms with Crippen LogP contribution in [0.1, 0.15) is 22.3 Å². The minimum Gasteiger partial charge on any atom is -0.330 e. The molecule has 0 radical (unpaired) electrons. The highest BCUT2D eigenvalue weighted by atomic mass is 79.9. The van der Waals surface area contributed by atoms with Crippen LogP contribution in [0, 0.1) is 10.1 Å². The van der Waals surface area contributed by atoms with Crippen molar-refractivity contribution in [2.24, 2.45) is 0 Å². The summed E-state index contributed by atoms with van der Waals surface area (Å²) in [6, 6.07) is 12.5. The minimum absolute atomic E-state index is 0.0107. The molecule has 7 nitrogen and oxygen atoms in total. The average molecular weight is 453 g/mol. The van der Waals surface area contributed by atoms with Crippen LogP contribution in [0.5, 0.6) is 0 Å². The number of amides is 1. The van der Waals surface area contributed by atoms with Crippen LogP contribution in [0.15, 0.2) is 53.0 Å². The van der Waals surface area contributed by atoms with Gasteiger partial charge in [-0.15, -0.1) is 0 Å². The predicted octanol–water partition coefficient (Wildman–Crippen LogP) is 3.19. The van der Waals surface area contributed by atoms with Crippen molar-refractivity contribution in [1.82, 2.24) is 4.90 Å². The first-order chi connectivity index (χ1) is 12.8. The standard InChI is InChI=1S/C18H17BrN2O5S/c19-14-5-3-4-13(10-14)11-20(15-8-9-27(25,26)12-15)18(22)16-6-1-2-7-17(16)21(23)24/h1-7,10,15H,8-9,11-12H2/t15-/m0/s1. The Bertz CT molecular complexity index is 993. The second-order valence-electron chi connectivity index (χ2n) is 6.39. The summed E-state index contributed by atoms with van der Waals surface area (Å²) in [5, 5.41) is 11.3. The number of nitro benzene ring substituents is 1. The van der Waals surface area contributed by atoms with E-state index in [1.807, 2.05) is 24.3 Å². The number of carbonyl (C=O) groups excluding carboxylic acids is 1. The number of hydrogen-bond donors (Lipinski definition) is 0. The van der Waals surface area contributed by atoms with E-state index in [4.69, 9.17) is 0 Å². The molecule has 0 spiro atoms. The molecule has 1 heterocycles. The van der Waals surface area contributed by atoms with Crippen molar-refractivity contribution in [3.05, 3.63) is 74.2 Å². The van der Waals surface area contributed by atoms with Gasteiger partial charge in [0.05, 0.1) is 16.4 Å². The predicted molar refractivity (Wildman–Crippen MR) is 104 cm³/mol. The zero-order valence-corrected chi connectivity index (χ0v) is 16.6. The molecule has 0 N–H and O–H groups in total. The van der Waals surface area contributed by atoms with Crippen molar-refractivity contribution >= 4 is 37.4 Å². The van der Waals surface area contributed by atoms with Gasteiger partial charge >= 0.3 is 0 Å². The van der Waals surface area contributed by atoms with Crippen molar-refractivity contribution in [2.75, 3.05) is 11.5 Å². The first-order valence-corrected chi connectivity index (χ1v) is 10.9. The lowest BCUT2D eigenvalue weighted by atomic mass is 10.1. The Hall–Kier alpha value is -2.26. The van der Waals surface area contributed by atoms with E-state index < -0.39 is 26.7 Å². The van der Waals surface area contributed by atoms with Crippen LogP contribution in [0.3, 0.4) is 0 Å². The Morgan fingerprint density at radius 3 is 2.59 bits per heavy atom. The van der Waals surface area contributed by atoms with Crippen LogP contribution in [0.25, 0.3) is 0 Å². The Labute approximate surface area is 165 Å². The van der Waals surface area contributed by atoms with E-state index >= 15 is 0 Å². The van der Waals surface area contributed by atoms with Crippen LogP contribution < -0.4 is 0 Å². The number of nitrogens with zero attached hydrogens (tertiary/aromatic N) is 2. The van der Waals surface area contributed by atoms with Gasteiger partial charge in [0.2, 0.25) is 0 Å². The number of nitro groups is 1. The normalized spacial score (nSPS) is 18.2. The Morgan fingerprint density at radius 2 is 1.96 bits per heavy atom. The topological polar surface area (TPSA) is 97.6 Å². The molecule has 2 aromatic rings. The first kappa shape index (κ1) is 19.5. The zero-order chi connectivity index (χ0) is 19.6. The molecule has 3 rings (SSSR count). The van der Waals surface area contributed by atoms with Crippen LogP contribution in [-0.4, -0.2) is 41.7 Å². The Morgan fingerprint density at radius 1 is 1.22 bits per heavy atom. The lowest BCUT2D eigenvalue weighted by molar-refractivity contribution is -0.385. The maximum absolute atomic E-state index is 13.2. The second kappa shape index (κ2) is 7.77. The van der Waals surface area contributed by atoms with Crippen LogP contribution in [-0.2, 0) is 16.4 Å². The fourth-order valence-corrected chi connectivity index (χ4v) is 5.37. The van der Waals surface area contributed by atoms with Crippen molar-refractivity contribution in [3.63, 3.8) is 0 Å². The molecular formula is C18H17BrN2O5S. The van der Waals surface area contributed by atoms with Gasteiger partial charge in [-0.3, -0.25) is 14.9 Å². The van der Waals surface area contributed by atoms with Crippen molar-refractivity contribution in [1.29, 1.82) is 0 Å². The molecule has 27 heavy (non-hydrogen) atoms. The number of hydrogen-bond acceptors (Lipinski definition) is 5. The highest BCUT2D eigenvalue weighted by Crippen LogP contribution is 2.26. The molecule has 0 aliphatic carbocycles. The molecule has 9 heteroatoms. The fraction of sp³-hybridized carbons (Fsp3) is 0.278. The lowest BCUT2D eigenvalue weighted by Crippen LogP contribution is -2.40. The van der Waals surface area contributed by atoms with Gasteiger partial charge < -0.3 is 4.90 Å². The summed E-state index contributed by atoms with van der Waals surface area (Å²) in [6.45, 7) is 0.171. The molecule has 0 aromatic heterocycles. The highest BCUT2D eigenvalue weighted by molar-refractivity contribution is 9.10. The second-order valence-corrected chi connectivity index (χ2v) is 9.54. The maximum atomic E-state index is 13.2. The Balaban J connectivity index is 1.99. The van der Waals surface area contributed by atoms with Gasteiger partial charge in [0.15, 0.2) is 9.84 Å². The summed E-state index contributed by atoms with van der Waals surface area (Å²) in [4.78, 5) is 25.3. The van der Waals surface area contributed by atoms with Crippen molar-refractivity contribution in [2.45, 2.75) is 19.0 Å². The van der Waals surface area contributed by atoms with Crippen LogP contribution >= 0.6 is 15.9 Å². The van der Waals surface area contributed by atoms with E-state index in [0.717, 1.165) is 10.0 Å². The Kier molecular flexibility index (Phi) is 5.61. The molecule has 1 aliphatic heterocycles. The number of carbonyl (C=O) groups is 1. The number of halogens is 1. The van der Waals surface area contributed by atoms with E-state index in [2.05, 4.69) is 15.9 Å². The molecule has 0 saturated carbocycles. The summed E-state index contributed by atoms with van der Waals surface area (Å²) in [5.41, 5.74) is 0.477. The fourth-order valence-electron chi connectivity index (χ4n) is 3.19. The van der Waals surface area contributed by atoms with Crippen molar-refractivity contribution < 1.29 is 18.1 Å². The summed E-state index contributed by atoms with van der Waals surface area (Å²) in [5.74, 6) is -0.658. The molecule has 1 amide bonds. The van der Waals surface area contributed by atoms with Gasteiger partial charge in [-0.2, -0.15) is 0 Å². The molecular weight excluding hydrogens is 436 g/mol. The average Bonchev–Trinajstić information content (AvgIpc) is 2.98. The smallest absolute Gasteiger partial charge is 0.282 e. The maximum Gasteiger partial charge on any atom is 0.282 e. The molecule has 1 fully saturated rings. The molecule has 0 bridgehead atoms. The molecule has 2 aromatic carbocycles. The third-order valence-corrected chi connectivity index (χ3v) is 6.73. The summed E-state index contributed by atoms with van der Waals surface area (Å²) in [7, 11) is -3.22. The number of benzene rings is 2. The third-order valence-electron chi connectivity index (χ3n) is 4.48. The lowest BCUT2D eigenvalue weighted by Gasteiger charge is -2.28. The number of sulfone groups is 1. The van der Waals surface area contributed by atoms with Gasteiger partial charge in [0.25, 0.3) is 11.6 Å². The summed E-state index contributed by atoms with van der Waals surface area (Å²) < 4.78 is 24.7. The minimum atomic E-state index is -3.22. The van der Waals surface area contributed by atoms with Crippen LogP contribution in [0.4, 0.5) is 5.69 Å². The molecule has 1 aliphatic rings. The zero-order valence-electron chi connectivity index (χ0n) is 14.2. The summed E-state index contributed by atoms with van der Waals surface area (Å²) in [6.07, 6.45) is 0.322. The van der Waals surface area contributed by atoms with E-state index in [1.165, 1.54) is 23.1 Å². The van der Waals surface area contributed by atoms with E-state index in [-0.39, 0.29) is 29.3 Å². The quantitative estimate of drug-likeness (QED) is 0.512. The number of para-hydroxylation sites is 1. The molecule has 1 saturated heterocycles. The highest BCUT2D eigenvalue weighted by Gasteiger charge is 2.36. The first-order valence-electron chi connectivity index (χ1n) is 8.26. The van der Waals surface area contributed by atoms with Gasteiger partial charge in [0.1, 0.15) is 5.56 Å². The van der Waals surface area contributed by atoms with Gasteiger partial charge in [-0.1, -0.05) is 40.2 Å². The van der Waals surface area contributed by atoms with E-state index in [1.54, 1.807) is 6.07 Å². The largest absolute Gasteiger partial charge is 0.330 e. The number of rotatable bonds is 5. The third kappa shape index (κ3) is 4.54. The van der Waals surface area contributed by atoms with Crippen molar-refractivity contribution in [3.8, 4) is 0 Å². The molecule has 0 unspecified atom stereocenters. The molecule has 142 valence electrons. The van der Waals surface area contributed by atoms with E-state index in [9.17, 15) is 23.3 Å². The van der Waals surface area contributed by atoms with Gasteiger partial charge in [-0.25, -0.2) is 8.42 Å². The van der Waals surface area contributed by atoms with Crippen LogP contribution in [0.2, 0.25) is 0 Å². The monoisotopic (exact) mass is 452 g/mol. The van der Waals surface area contributed by atoms with Gasteiger partial charge in [0, 0.05) is 23.1 Å². The van der Waals surface area contributed by atoms with E-state index in [0.29, 0.717) is 6.42 Å². The van der Waals surface area contributed by atoms with Gasteiger partial charge in [-0.05, 0) is 30.2 Å². The molecule has 1 atom stereocenters. The summed E-state index contributed by atoms with van der Waals surface area (Å²) >= 11 is 3.38.